The van der Waals surface area contributed by atoms with E-state index in [1.54, 1.807) is 11.9 Å². The van der Waals surface area contributed by atoms with Gasteiger partial charge in [-0.1, -0.05) is 12.1 Å². The summed E-state index contributed by atoms with van der Waals surface area (Å²) in [4.78, 5) is 21.1. The van der Waals surface area contributed by atoms with Crippen LogP contribution in [0.15, 0.2) is 24.3 Å². The minimum absolute atomic E-state index is 0.311. The summed E-state index contributed by atoms with van der Waals surface area (Å²) in [6.45, 7) is 6.14. The van der Waals surface area contributed by atoms with Crippen molar-refractivity contribution in [1.82, 2.24) is 14.9 Å². The van der Waals surface area contributed by atoms with Crippen molar-refractivity contribution in [3.63, 3.8) is 0 Å². The molecule has 20 heavy (non-hydrogen) atoms. The fourth-order valence-corrected chi connectivity index (χ4v) is 1.83. The molecule has 0 aliphatic heterocycles. The van der Waals surface area contributed by atoms with Crippen molar-refractivity contribution in [1.29, 1.82) is 0 Å². The zero-order chi connectivity index (χ0) is 14.8. The Morgan fingerprint density at radius 1 is 1.35 bits per heavy atom. The second-order valence-electron chi connectivity index (χ2n) is 5.85. The van der Waals surface area contributed by atoms with E-state index in [9.17, 15) is 4.79 Å². The Bertz CT molecular complexity index is 565. The lowest BCUT2D eigenvalue weighted by molar-refractivity contribution is 0.0300. The number of H-pyrrole nitrogens is 1. The number of benzene rings is 1. The summed E-state index contributed by atoms with van der Waals surface area (Å²) in [5.74, 6) is 0.876. The molecule has 5 nitrogen and oxygen atoms in total. The number of aromatic amines is 1. The standard InChI is InChI=1S/C15H21N3O2/c1-15(2,3)20-14(19)18(4)10-9-13-16-11-7-5-6-8-12(11)17-13/h5-8H,9-10H2,1-4H3,(H,16,17). The average Bonchev–Trinajstić information content (AvgIpc) is 2.76. The van der Waals surface area contributed by atoms with Crippen LogP contribution < -0.4 is 0 Å². The molecule has 1 heterocycles. The predicted octanol–water partition coefficient (Wildman–Crippen LogP) is 2.97. The number of rotatable bonds is 3. The van der Waals surface area contributed by atoms with Gasteiger partial charge in [0, 0.05) is 20.0 Å². The summed E-state index contributed by atoms with van der Waals surface area (Å²) in [5.41, 5.74) is 1.50. The molecule has 5 heteroatoms. The molecule has 0 unspecified atom stereocenters. The number of nitrogens with zero attached hydrogens (tertiary/aromatic N) is 2. The molecule has 0 bridgehead atoms. The molecule has 0 fully saturated rings. The Labute approximate surface area is 118 Å². The van der Waals surface area contributed by atoms with Gasteiger partial charge in [0.15, 0.2) is 0 Å². The molecule has 0 saturated carbocycles. The zero-order valence-electron chi connectivity index (χ0n) is 12.4. The molecular formula is C15H21N3O2. The molecule has 0 radical (unpaired) electrons. The van der Waals surface area contributed by atoms with Gasteiger partial charge in [0.1, 0.15) is 11.4 Å². The van der Waals surface area contributed by atoms with Gasteiger partial charge in [-0.3, -0.25) is 0 Å². The highest BCUT2D eigenvalue weighted by Gasteiger charge is 2.19. The van der Waals surface area contributed by atoms with Crippen LogP contribution in [-0.2, 0) is 11.2 Å². The average molecular weight is 275 g/mol. The van der Waals surface area contributed by atoms with E-state index < -0.39 is 5.60 Å². The number of fused-ring (bicyclic) bond motifs is 1. The molecule has 1 N–H and O–H groups in total. The summed E-state index contributed by atoms with van der Waals surface area (Å²) >= 11 is 0. The van der Waals surface area contributed by atoms with Crippen LogP contribution in [0, 0.1) is 0 Å². The normalized spacial score (nSPS) is 11.6. The first-order valence-corrected chi connectivity index (χ1v) is 6.73. The maximum absolute atomic E-state index is 11.8. The molecule has 0 atom stereocenters. The number of hydrogen-bond donors (Lipinski definition) is 1. The monoisotopic (exact) mass is 275 g/mol. The molecule has 0 saturated heterocycles. The van der Waals surface area contributed by atoms with Crippen LogP contribution in [0.25, 0.3) is 11.0 Å². The first-order valence-electron chi connectivity index (χ1n) is 6.73. The Hall–Kier alpha value is -2.04. The molecule has 108 valence electrons. The molecule has 1 aromatic heterocycles. The van der Waals surface area contributed by atoms with E-state index in [4.69, 9.17) is 4.74 Å². The number of carbonyl (C=O) groups is 1. The lowest BCUT2D eigenvalue weighted by Crippen LogP contribution is -2.35. The van der Waals surface area contributed by atoms with E-state index in [0.717, 1.165) is 16.9 Å². The SMILES string of the molecule is CN(CCc1nc2ccccc2[nH]1)C(=O)OC(C)(C)C. The second-order valence-corrected chi connectivity index (χ2v) is 5.85. The fraction of sp³-hybridized carbons (Fsp3) is 0.467. The van der Waals surface area contributed by atoms with Gasteiger partial charge in [-0.2, -0.15) is 0 Å². The fourth-order valence-electron chi connectivity index (χ4n) is 1.83. The van der Waals surface area contributed by atoms with Crippen molar-refractivity contribution >= 4 is 17.1 Å². The van der Waals surface area contributed by atoms with Crippen molar-refractivity contribution in [3.05, 3.63) is 30.1 Å². The van der Waals surface area contributed by atoms with E-state index in [-0.39, 0.29) is 6.09 Å². The van der Waals surface area contributed by atoms with Gasteiger partial charge in [0.2, 0.25) is 0 Å². The van der Waals surface area contributed by atoms with Gasteiger partial charge in [-0.15, -0.1) is 0 Å². The van der Waals surface area contributed by atoms with E-state index in [2.05, 4.69) is 9.97 Å². The van der Waals surface area contributed by atoms with Crippen LogP contribution in [0.1, 0.15) is 26.6 Å². The Balaban J connectivity index is 1.93. The van der Waals surface area contributed by atoms with Gasteiger partial charge >= 0.3 is 6.09 Å². The molecule has 2 aromatic rings. The quantitative estimate of drug-likeness (QED) is 0.936. The second kappa shape index (κ2) is 5.53. The van der Waals surface area contributed by atoms with Gasteiger partial charge in [0.25, 0.3) is 0 Å². The summed E-state index contributed by atoms with van der Waals surface area (Å²) < 4.78 is 5.30. The highest BCUT2D eigenvalue weighted by Crippen LogP contribution is 2.12. The highest BCUT2D eigenvalue weighted by molar-refractivity contribution is 5.74. The number of ether oxygens (including phenoxy) is 1. The van der Waals surface area contributed by atoms with Crippen LogP contribution in [0.4, 0.5) is 4.79 Å². The first-order chi connectivity index (χ1) is 9.35. The van der Waals surface area contributed by atoms with Crippen molar-refractivity contribution in [2.75, 3.05) is 13.6 Å². The van der Waals surface area contributed by atoms with Crippen LogP contribution in [-0.4, -0.2) is 40.2 Å². The first kappa shape index (κ1) is 14.4. The third-order valence-electron chi connectivity index (χ3n) is 2.83. The molecular weight excluding hydrogens is 254 g/mol. The summed E-state index contributed by atoms with van der Waals surface area (Å²) in [6, 6.07) is 7.88. The van der Waals surface area contributed by atoms with Crippen molar-refractivity contribution in [2.24, 2.45) is 0 Å². The van der Waals surface area contributed by atoms with E-state index in [1.807, 2.05) is 45.0 Å². The predicted molar refractivity (Wildman–Crippen MR) is 78.7 cm³/mol. The zero-order valence-corrected chi connectivity index (χ0v) is 12.4. The Kier molecular flexibility index (Phi) is 3.97. The van der Waals surface area contributed by atoms with Gasteiger partial charge in [-0.05, 0) is 32.9 Å². The van der Waals surface area contributed by atoms with Crippen LogP contribution in [0.2, 0.25) is 0 Å². The lowest BCUT2D eigenvalue weighted by Gasteiger charge is -2.24. The summed E-state index contributed by atoms with van der Waals surface area (Å²) in [6.07, 6.45) is 0.360. The third kappa shape index (κ3) is 3.73. The molecule has 1 amide bonds. The van der Waals surface area contributed by atoms with Crippen LogP contribution in [0.3, 0.4) is 0 Å². The molecule has 0 aliphatic rings. The minimum atomic E-state index is -0.468. The van der Waals surface area contributed by atoms with E-state index in [0.29, 0.717) is 13.0 Å². The third-order valence-corrected chi connectivity index (χ3v) is 2.83. The molecule has 2 rings (SSSR count). The molecule has 0 spiro atoms. The number of carbonyl (C=O) groups excluding carboxylic acids is 1. The molecule has 0 aliphatic carbocycles. The Morgan fingerprint density at radius 2 is 2.05 bits per heavy atom. The number of aromatic nitrogens is 2. The van der Waals surface area contributed by atoms with Crippen LogP contribution in [0.5, 0.6) is 0 Å². The largest absolute Gasteiger partial charge is 0.444 e. The number of para-hydroxylation sites is 2. The molecule has 1 aromatic carbocycles. The maximum atomic E-state index is 11.8. The minimum Gasteiger partial charge on any atom is -0.444 e. The van der Waals surface area contributed by atoms with Crippen molar-refractivity contribution in [3.8, 4) is 0 Å². The Morgan fingerprint density at radius 3 is 2.70 bits per heavy atom. The number of imidazole rings is 1. The number of nitrogens with one attached hydrogen (secondary N) is 1. The number of amides is 1. The van der Waals surface area contributed by atoms with E-state index >= 15 is 0 Å². The van der Waals surface area contributed by atoms with Crippen LogP contribution >= 0.6 is 0 Å². The van der Waals surface area contributed by atoms with E-state index in [1.165, 1.54) is 0 Å². The number of likely N-dealkylation sites (N-methyl/N-ethyl adjacent to an activating group) is 1. The summed E-state index contributed by atoms with van der Waals surface area (Å²) in [5, 5.41) is 0. The maximum Gasteiger partial charge on any atom is 0.410 e. The van der Waals surface area contributed by atoms with Crippen molar-refractivity contribution in [2.45, 2.75) is 32.8 Å². The number of hydrogen-bond acceptors (Lipinski definition) is 3. The topological polar surface area (TPSA) is 58.2 Å². The van der Waals surface area contributed by atoms with Gasteiger partial charge < -0.3 is 14.6 Å². The van der Waals surface area contributed by atoms with Gasteiger partial charge in [0.05, 0.1) is 11.0 Å². The summed E-state index contributed by atoms with van der Waals surface area (Å²) in [7, 11) is 1.73. The van der Waals surface area contributed by atoms with Crippen molar-refractivity contribution < 1.29 is 9.53 Å². The smallest absolute Gasteiger partial charge is 0.410 e. The van der Waals surface area contributed by atoms with Gasteiger partial charge in [-0.25, -0.2) is 9.78 Å². The highest BCUT2D eigenvalue weighted by atomic mass is 16.6. The lowest BCUT2D eigenvalue weighted by atomic mass is 10.2.